The van der Waals surface area contributed by atoms with E-state index >= 15 is 0 Å². The lowest BCUT2D eigenvalue weighted by atomic mass is 10.2. The zero-order valence-corrected chi connectivity index (χ0v) is 16.1. The molecule has 7 nitrogen and oxygen atoms in total. The molecule has 1 fully saturated rings. The van der Waals surface area contributed by atoms with Gasteiger partial charge in [-0.3, -0.25) is 9.59 Å². The molecule has 1 aliphatic heterocycles. The number of nitrogens with one attached hydrogen (secondary N) is 2. The molecule has 1 aliphatic rings. The van der Waals surface area contributed by atoms with Crippen molar-refractivity contribution in [2.24, 2.45) is 0 Å². The van der Waals surface area contributed by atoms with Crippen molar-refractivity contribution in [1.29, 1.82) is 0 Å². The minimum Gasteiger partial charge on any atom is -0.322 e. The lowest BCUT2D eigenvalue weighted by Gasteiger charge is -2.17. The first-order valence-corrected chi connectivity index (χ1v) is 10.1. The summed E-state index contributed by atoms with van der Waals surface area (Å²) in [6.45, 7) is 0.651. The summed E-state index contributed by atoms with van der Waals surface area (Å²) >= 11 is 5.94. The van der Waals surface area contributed by atoms with E-state index in [2.05, 4.69) is 10.0 Å². The summed E-state index contributed by atoms with van der Waals surface area (Å²) < 4.78 is 26.2. The Morgan fingerprint density at radius 2 is 1.96 bits per heavy atom. The van der Waals surface area contributed by atoms with Crippen LogP contribution in [0.2, 0.25) is 5.02 Å². The third-order valence-electron chi connectivity index (χ3n) is 4.24. The van der Waals surface area contributed by atoms with Crippen LogP contribution in [0.15, 0.2) is 47.4 Å². The highest BCUT2D eigenvalue weighted by atomic mass is 35.5. The van der Waals surface area contributed by atoms with Gasteiger partial charge in [-0.05, 0) is 49.9 Å². The van der Waals surface area contributed by atoms with E-state index in [-0.39, 0.29) is 21.4 Å². The molecule has 2 N–H and O–H groups in total. The fraction of sp³-hybridized carbons (Fsp3) is 0.222. The molecule has 2 aromatic carbocycles. The molecule has 0 unspecified atom stereocenters. The van der Waals surface area contributed by atoms with Crippen LogP contribution in [0.4, 0.5) is 11.4 Å². The minimum absolute atomic E-state index is 0.0236. The summed E-state index contributed by atoms with van der Waals surface area (Å²) in [5.41, 5.74) is 1.37. The first-order chi connectivity index (χ1) is 12.8. The average molecular weight is 408 g/mol. The molecule has 0 saturated carbocycles. The van der Waals surface area contributed by atoms with E-state index < -0.39 is 15.9 Å². The van der Waals surface area contributed by atoms with Gasteiger partial charge in [0.25, 0.3) is 5.91 Å². The van der Waals surface area contributed by atoms with Gasteiger partial charge in [-0.1, -0.05) is 17.7 Å². The summed E-state index contributed by atoms with van der Waals surface area (Å²) in [4.78, 5) is 25.9. The van der Waals surface area contributed by atoms with E-state index in [1.807, 2.05) is 0 Å². The largest absolute Gasteiger partial charge is 0.322 e. The second kappa shape index (κ2) is 7.67. The molecule has 2 amide bonds. The van der Waals surface area contributed by atoms with E-state index in [0.29, 0.717) is 24.3 Å². The fourth-order valence-corrected chi connectivity index (χ4v) is 4.09. The van der Waals surface area contributed by atoms with Gasteiger partial charge in [-0.25, -0.2) is 13.1 Å². The molecule has 1 heterocycles. The third-order valence-corrected chi connectivity index (χ3v) is 6.14. The Balaban J connectivity index is 1.84. The molecule has 142 valence electrons. The molecule has 0 aromatic heterocycles. The average Bonchev–Trinajstić information content (AvgIpc) is 3.08. The summed E-state index contributed by atoms with van der Waals surface area (Å²) in [6.07, 6.45) is 1.33. The fourth-order valence-electron chi connectivity index (χ4n) is 2.84. The van der Waals surface area contributed by atoms with Crippen LogP contribution in [-0.2, 0) is 14.8 Å². The lowest BCUT2D eigenvalue weighted by molar-refractivity contribution is -0.117. The van der Waals surface area contributed by atoms with E-state index in [1.165, 1.54) is 25.2 Å². The predicted octanol–water partition coefficient (Wildman–Crippen LogP) is 2.63. The van der Waals surface area contributed by atoms with Crippen LogP contribution in [0.5, 0.6) is 0 Å². The van der Waals surface area contributed by atoms with Crippen molar-refractivity contribution in [3.8, 4) is 0 Å². The van der Waals surface area contributed by atoms with Gasteiger partial charge >= 0.3 is 0 Å². The van der Waals surface area contributed by atoms with Gasteiger partial charge in [0, 0.05) is 29.9 Å². The molecule has 0 radical (unpaired) electrons. The van der Waals surface area contributed by atoms with Crippen LogP contribution in [0.1, 0.15) is 23.2 Å². The van der Waals surface area contributed by atoms with Crippen molar-refractivity contribution < 1.29 is 18.0 Å². The van der Waals surface area contributed by atoms with Gasteiger partial charge in [-0.15, -0.1) is 0 Å². The van der Waals surface area contributed by atoms with Crippen molar-refractivity contribution >= 4 is 44.8 Å². The van der Waals surface area contributed by atoms with Crippen LogP contribution in [-0.4, -0.2) is 33.8 Å². The van der Waals surface area contributed by atoms with Crippen LogP contribution < -0.4 is 14.9 Å². The predicted molar refractivity (Wildman–Crippen MR) is 104 cm³/mol. The highest BCUT2D eigenvalue weighted by Gasteiger charge is 2.22. The van der Waals surface area contributed by atoms with Crippen LogP contribution >= 0.6 is 11.6 Å². The number of sulfonamides is 1. The molecule has 0 bridgehead atoms. The number of benzene rings is 2. The highest BCUT2D eigenvalue weighted by Crippen LogP contribution is 2.26. The second-order valence-electron chi connectivity index (χ2n) is 6.01. The molecule has 9 heteroatoms. The third kappa shape index (κ3) is 4.13. The van der Waals surface area contributed by atoms with Crippen molar-refractivity contribution in [3.05, 3.63) is 53.1 Å². The second-order valence-corrected chi connectivity index (χ2v) is 8.27. The molecule has 0 spiro atoms. The zero-order valence-electron chi connectivity index (χ0n) is 14.5. The van der Waals surface area contributed by atoms with Gasteiger partial charge in [0.1, 0.15) is 4.90 Å². The van der Waals surface area contributed by atoms with Crippen molar-refractivity contribution in [3.63, 3.8) is 0 Å². The van der Waals surface area contributed by atoms with E-state index in [4.69, 9.17) is 11.6 Å². The summed E-state index contributed by atoms with van der Waals surface area (Å²) in [7, 11) is -2.52. The van der Waals surface area contributed by atoms with Gasteiger partial charge in [-0.2, -0.15) is 0 Å². The first kappa shape index (κ1) is 19.3. The Morgan fingerprint density at radius 3 is 2.63 bits per heavy atom. The standard InChI is InChI=1S/C18H18ClN3O4S/c1-20-27(25,26)16-10-12(7-8-15(16)19)18(24)21-13-4-2-5-14(11-13)22-9-3-6-17(22)23/h2,4-5,7-8,10-11,20H,3,6,9H2,1H3,(H,21,24). The Labute approximate surface area is 162 Å². The van der Waals surface area contributed by atoms with E-state index in [9.17, 15) is 18.0 Å². The first-order valence-electron chi connectivity index (χ1n) is 8.27. The maximum absolute atomic E-state index is 12.5. The molecule has 27 heavy (non-hydrogen) atoms. The number of hydrogen-bond donors (Lipinski definition) is 2. The molecular formula is C18H18ClN3O4S. The van der Waals surface area contributed by atoms with Crippen LogP contribution in [0.25, 0.3) is 0 Å². The molecule has 0 aliphatic carbocycles. The van der Waals surface area contributed by atoms with Gasteiger partial charge in [0.2, 0.25) is 15.9 Å². The Hall–Kier alpha value is -2.42. The maximum Gasteiger partial charge on any atom is 0.255 e. The molecule has 1 saturated heterocycles. The monoisotopic (exact) mass is 407 g/mol. The number of carbonyl (C=O) groups excluding carboxylic acids is 2. The quantitative estimate of drug-likeness (QED) is 0.796. The zero-order chi connectivity index (χ0) is 19.6. The van der Waals surface area contributed by atoms with E-state index in [1.54, 1.807) is 29.2 Å². The number of hydrogen-bond acceptors (Lipinski definition) is 4. The van der Waals surface area contributed by atoms with Crippen molar-refractivity contribution in [2.45, 2.75) is 17.7 Å². The number of rotatable bonds is 5. The number of nitrogens with zero attached hydrogens (tertiary/aromatic N) is 1. The topological polar surface area (TPSA) is 95.6 Å². The van der Waals surface area contributed by atoms with Gasteiger partial charge in [0.15, 0.2) is 0 Å². The number of halogens is 1. The normalized spacial score (nSPS) is 14.4. The Morgan fingerprint density at radius 1 is 1.19 bits per heavy atom. The van der Waals surface area contributed by atoms with Gasteiger partial charge < -0.3 is 10.2 Å². The molecular weight excluding hydrogens is 390 g/mol. The van der Waals surface area contributed by atoms with Crippen molar-refractivity contribution in [2.75, 3.05) is 23.8 Å². The maximum atomic E-state index is 12.5. The smallest absolute Gasteiger partial charge is 0.255 e. The molecule has 2 aromatic rings. The van der Waals surface area contributed by atoms with Crippen LogP contribution in [0.3, 0.4) is 0 Å². The summed E-state index contributed by atoms with van der Waals surface area (Å²) in [6, 6.07) is 11.0. The van der Waals surface area contributed by atoms with E-state index in [0.717, 1.165) is 6.42 Å². The van der Waals surface area contributed by atoms with Gasteiger partial charge in [0.05, 0.1) is 5.02 Å². The summed E-state index contributed by atoms with van der Waals surface area (Å²) in [5.74, 6) is -0.429. The number of amides is 2. The van der Waals surface area contributed by atoms with Crippen molar-refractivity contribution in [1.82, 2.24) is 4.72 Å². The Kier molecular flexibility index (Phi) is 5.50. The Bertz CT molecular complexity index is 1010. The minimum atomic E-state index is -3.79. The molecule has 0 atom stereocenters. The number of anilines is 2. The SMILES string of the molecule is CNS(=O)(=O)c1cc(C(=O)Nc2cccc(N3CCCC3=O)c2)ccc1Cl. The summed E-state index contributed by atoms with van der Waals surface area (Å²) in [5, 5.41) is 2.74. The highest BCUT2D eigenvalue weighted by molar-refractivity contribution is 7.89. The molecule has 3 rings (SSSR count). The lowest BCUT2D eigenvalue weighted by Crippen LogP contribution is -2.23. The number of carbonyl (C=O) groups is 2. The van der Waals surface area contributed by atoms with Crippen LogP contribution in [0, 0.1) is 0 Å².